The van der Waals surface area contributed by atoms with E-state index in [0.29, 0.717) is 11.8 Å². The van der Waals surface area contributed by atoms with Gasteiger partial charge in [-0.15, -0.1) is 0 Å². The lowest BCUT2D eigenvalue weighted by molar-refractivity contribution is -0.154. The van der Waals surface area contributed by atoms with Crippen LogP contribution in [-0.4, -0.2) is 11.9 Å². The summed E-state index contributed by atoms with van der Waals surface area (Å²) in [5.74, 6) is 1.71. The van der Waals surface area contributed by atoms with Crippen LogP contribution >= 0.6 is 0 Å². The standard InChI is InChI=1S/C14H20O3/c1-7-3-4-10-9(7)5-6-11(10)12-8(2)13(15)17-14(12)16/h7-12H,3-6H2,1-2H3. The average Bonchev–Trinajstić information content (AvgIpc) is 2.89. The van der Waals surface area contributed by atoms with Gasteiger partial charge in [-0.3, -0.25) is 9.59 Å². The van der Waals surface area contributed by atoms with Crippen LogP contribution in [0.5, 0.6) is 0 Å². The molecule has 3 nitrogen and oxygen atoms in total. The summed E-state index contributed by atoms with van der Waals surface area (Å²) in [6.07, 6.45) is 4.87. The third-order valence-corrected chi connectivity index (χ3v) is 5.46. The summed E-state index contributed by atoms with van der Waals surface area (Å²) in [7, 11) is 0. The summed E-state index contributed by atoms with van der Waals surface area (Å²) >= 11 is 0. The van der Waals surface area contributed by atoms with Crippen LogP contribution in [0, 0.1) is 35.5 Å². The van der Waals surface area contributed by atoms with Crippen molar-refractivity contribution in [2.45, 2.75) is 39.5 Å². The third kappa shape index (κ3) is 1.54. The largest absolute Gasteiger partial charge is 0.393 e. The van der Waals surface area contributed by atoms with Crippen LogP contribution in [0.4, 0.5) is 0 Å². The average molecular weight is 236 g/mol. The SMILES string of the molecule is CC1CCC2C1CCC2C1C(=O)OC(=O)C1C. The molecule has 3 heteroatoms. The van der Waals surface area contributed by atoms with Gasteiger partial charge in [0.05, 0.1) is 11.8 Å². The number of hydrogen-bond acceptors (Lipinski definition) is 3. The van der Waals surface area contributed by atoms with Gasteiger partial charge in [-0.05, 0) is 42.9 Å². The molecule has 2 saturated carbocycles. The highest BCUT2D eigenvalue weighted by Crippen LogP contribution is 2.54. The second kappa shape index (κ2) is 3.82. The fourth-order valence-electron chi connectivity index (χ4n) is 4.54. The molecule has 1 aliphatic heterocycles. The van der Waals surface area contributed by atoms with E-state index in [-0.39, 0.29) is 23.8 Å². The quantitative estimate of drug-likeness (QED) is 0.518. The Morgan fingerprint density at radius 3 is 2.18 bits per heavy atom. The highest BCUT2D eigenvalue weighted by molar-refractivity contribution is 5.96. The molecular formula is C14H20O3. The molecule has 0 aromatic rings. The predicted octanol–water partition coefficient (Wildman–Crippen LogP) is 2.39. The molecule has 3 aliphatic rings. The van der Waals surface area contributed by atoms with Crippen molar-refractivity contribution in [1.82, 2.24) is 0 Å². The molecule has 0 amide bonds. The molecule has 0 aromatic carbocycles. The van der Waals surface area contributed by atoms with E-state index in [1.807, 2.05) is 6.92 Å². The molecule has 6 unspecified atom stereocenters. The maximum atomic E-state index is 11.8. The van der Waals surface area contributed by atoms with Gasteiger partial charge in [0.15, 0.2) is 0 Å². The lowest BCUT2D eigenvalue weighted by atomic mass is 9.77. The van der Waals surface area contributed by atoms with E-state index in [0.717, 1.165) is 18.3 Å². The number of rotatable bonds is 1. The molecule has 1 heterocycles. The van der Waals surface area contributed by atoms with E-state index in [2.05, 4.69) is 6.92 Å². The summed E-state index contributed by atoms with van der Waals surface area (Å²) in [5, 5.41) is 0. The maximum Gasteiger partial charge on any atom is 0.317 e. The van der Waals surface area contributed by atoms with Crippen LogP contribution in [0.15, 0.2) is 0 Å². The van der Waals surface area contributed by atoms with Crippen molar-refractivity contribution in [3.05, 3.63) is 0 Å². The number of ether oxygens (including phenoxy) is 1. The molecule has 0 spiro atoms. The number of carbonyl (C=O) groups excluding carboxylic acids is 2. The van der Waals surface area contributed by atoms with Crippen LogP contribution in [-0.2, 0) is 14.3 Å². The Bertz CT molecular complexity index is 362. The van der Waals surface area contributed by atoms with Crippen LogP contribution in [0.3, 0.4) is 0 Å². The van der Waals surface area contributed by atoms with Gasteiger partial charge in [-0.25, -0.2) is 0 Å². The van der Waals surface area contributed by atoms with Gasteiger partial charge in [0.1, 0.15) is 0 Å². The van der Waals surface area contributed by atoms with Crippen molar-refractivity contribution >= 4 is 11.9 Å². The molecule has 3 fully saturated rings. The zero-order valence-electron chi connectivity index (χ0n) is 10.5. The first kappa shape index (κ1) is 11.2. The van der Waals surface area contributed by atoms with E-state index in [4.69, 9.17) is 4.74 Å². The number of hydrogen-bond donors (Lipinski definition) is 0. The molecule has 0 radical (unpaired) electrons. The van der Waals surface area contributed by atoms with Crippen molar-refractivity contribution in [3.63, 3.8) is 0 Å². The summed E-state index contributed by atoms with van der Waals surface area (Å²) in [6.45, 7) is 4.18. The minimum atomic E-state index is -0.311. The molecule has 6 atom stereocenters. The van der Waals surface area contributed by atoms with E-state index < -0.39 is 0 Å². The zero-order valence-corrected chi connectivity index (χ0v) is 10.5. The van der Waals surface area contributed by atoms with Crippen molar-refractivity contribution in [2.75, 3.05) is 0 Å². The third-order valence-electron chi connectivity index (χ3n) is 5.46. The minimum Gasteiger partial charge on any atom is -0.393 e. The number of cyclic esters (lactones) is 2. The van der Waals surface area contributed by atoms with Gasteiger partial charge in [-0.2, -0.15) is 0 Å². The second-order valence-corrected chi connectivity index (χ2v) is 6.18. The van der Waals surface area contributed by atoms with Crippen LogP contribution in [0.25, 0.3) is 0 Å². The summed E-state index contributed by atoms with van der Waals surface area (Å²) in [6, 6.07) is 0. The van der Waals surface area contributed by atoms with Crippen molar-refractivity contribution in [1.29, 1.82) is 0 Å². The molecule has 3 rings (SSSR count). The second-order valence-electron chi connectivity index (χ2n) is 6.18. The topological polar surface area (TPSA) is 43.4 Å². The fourth-order valence-corrected chi connectivity index (χ4v) is 4.54. The summed E-state index contributed by atoms with van der Waals surface area (Å²) in [4.78, 5) is 23.3. The molecular weight excluding hydrogens is 216 g/mol. The lowest BCUT2D eigenvalue weighted by Crippen LogP contribution is -2.28. The van der Waals surface area contributed by atoms with Crippen LogP contribution in [0.2, 0.25) is 0 Å². The number of esters is 2. The molecule has 0 bridgehead atoms. The Hall–Kier alpha value is -0.860. The van der Waals surface area contributed by atoms with Gasteiger partial charge in [0, 0.05) is 0 Å². The highest BCUT2D eigenvalue weighted by Gasteiger charge is 2.53. The first-order valence-corrected chi connectivity index (χ1v) is 6.85. The first-order valence-electron chi connectivity index (χ1n) is 6.85. The Balaban J connectivity index is 1.82. The fraction of sp³-hybridized carbons (Fsp3) is 0.857. The molecule has 94 valence electrons. The maximum absolute atomic E-state index is 11.8. The number of carbonyl (C=O) groups is 2. The highest BCUT2D eigenvalue weighted by atomic mass is 16.6. The normalized spacial score (nSPS) is 49.5. The molecule has 17 heavy (non-hydrogen) atoms. The first-order chi connectivity index (χ1) is 8.09. The van der Waals surface area contributed by atoms with E-state index >= 15 is 0 Å². The van der Waals surface area contributed by atoms with Gasteiger partial charge < -0.3 is 4.74 Å². The zero-order chi connectivity index (χ0) is 12.2. The monoisotopic (exact) mass is 236 g/mol. The molecule has 0 aromatic heterocycles. The van der Waals surface area contributed by atoms with E-state index in [9.17, 15) is 9.59 Å². The Morgan fingerprint density at radius 2 is 1.53 bits per heavy atom. The van der Waals surface area contributed by atoms with Gasteiger partial charge >= 0.3 is 11.9 Å². The summed E-state index contributed by atoms with van der Waals surface area (Å²) < 4.78 is 4.80. The van der Waals surface area contributed by atoms with Crippen molar-refractivity contribution < 1.29 is 14.3 Å². The Kier molecular flexibility index (Phi) is 2.53. The van der Waals surface area contributed by atoms with Crippen molar-refractivity contribution in [2.24, 2.45) is 35.5 Å². The van der Waals surface area contributed by atoms with Gasteiger partial charge in [-0.1, -0.05) is 20.3 Å². The number of fused-ring (bicyclic) bond motifs is 1. The van der Waals surface area contributed by atoms with Crippen LogP contribution in [0.1, 0.15) is 39.5 Å². The Labute approximate surface area is 102 Å². The van der Waals surface area contributed by atoms with Gasteiger partial charge in [0.25, 0.3) is 0 Å². The van der Waals surface area contributed by atoms with E-state index in [1.54, 1.807) is 0 Å². The molecule has 0 N–H and O–H groups in total. The van der Waals surface area contributed by atoms with E-state index in [1.165, 1.54) is 19.3 Å². The smallest absolute Gasteiger partial charge is 0.317 e. The lowest BCUT2D eigenvalue weighted by Gasteiger charge is -2.24. The Morgan fingerprint density at radius 1 is 0.882 bits per heavy atom. The van der Waals surface area contributed by atoms with Crippen molar-refractivity contribution in [3.8, 4) is 0 Å². The van der Waals surface area contributed by atoms with Crippen LogP contribution < -0.4 is 0 Å². The van der Waals surface area contributed by atoms with Gasteiger partial charge in [0.2, 0.25) is 0 Å². The summed E-state index contributed by atoms with van der Waals surface area (Å²) in [5.41, 5.74) is 0. The molecule has 2 aliphatic carbocycles. The molecule has 1 saturated heterocycles. The minimum absolute atomic E-state index is 0.150. The predicted molar refractivity (Wildman–Crippen MR) is 61.9 cm³/mol.